The van der Waals surface area contributed by atoms with E-state index in [2.05, 4.69) is 5.32 Å². The number of rotatable bonds is 5. The smallest absolute Gasteiger partial charge is 0.268 e. The van der Waals surface area contributed by atoms with Gasteiger partial charge in [0.2, 0.25) is 0 Å². The molecule has 0 saturated carbocycles. The molecule has 1 aliphatic rings. The number of carbonyl (C=O) groups is 2. The van der Waals surface area contributed by atoms with Crippen LogP contribution in [0.15, 0.2) is 41.2 Å². The van der Waals surface area contributed by atoms with E-state index in [9.17, 15) is 14.4 Å². The van der Waals surface area contributed by atoms with Crippen molar-refractivity contribution in [3.8, 4) is 5.69 Å². The van der Waals surface area contributed by atoms with E-state index in [1.54, 1.807) is 4.57 Å². The van der Waals surface area contributed by atoms with E-state index in [1.807, 2.05) is 51.1 Å². The van der Waals surface area contributed by atoms with Crippen LogP contribution in [0, 0.1) is 5.41 Å². The van der Waals surface area contributed by atoms with Gasteiger partial charge < -0.3 is 5.32 Å². The number of fused-ring (bicyclic) bond motifs is 1. The molecule has 1 aromatic carbocycles. The third-order valence-electron chi connectivity index (χ3n) is 4.96. The van der Waals surface area contributed by atoms with Gasteiger partial charge in [-0.2, -0.15) is 0 Å². The maximum absolute atomic E-state index is 13.2. The van der Waals surface area contributed by atoms with Crippen LogP contribution in [0.2, 0.25) is 0 Å². The van der Waals surface area contributed by atoms with Gasteiger partial charge in [0.15, 0.2) is 5.78 Å². The number of hydrogen-bond donors (Lipinski definition) is 1. The molecule has 142 valence electrons. The summed E-state index contributed by atoms with van der Waals surface area (Å²) in [4.78, 5) is 38.6. The van der Waals surface area contributed by atoms with Crippen molar-refractivity contribution in [1.82, 2.24) is 9.88 Å². The van der Waals surface area contributed by atoms with Gasteiger partial charge in [0.1, 0.15) is 5.56 Å². The SMILES string of the molecule is CCCCNC(=O)c1cc2c(n(-c3ccccc3)c1=O)CC(C)(C)CC2=O. The number of ketones is 1. The first-order valence-corrected chi connectivity index (χ1v) is 9.50. The zero-order valence-electron chi connectivity index (χ0n) is 16.2. The fourth-order valence-electron chi connectivity index (χ4n) is 3.60. The third kappa shape index (κ3) is 3.87. The van der Waals surface area contributed by atoms with Crippen LogP contribution in [0.4, 0.5) is 0 Å². The number of para-hydroxylation sites is 1. The Labute approximate surface area is 159 Å². The molecule has 1 aliphatic carbocycles. The summed E-state index contributed by atoms with van der Waals surface area (Å²) in [7, 11) is 0. The molecule has 0 unspecified atom stereocenters. The number of benzene rings is 1. The Hall–Kier alpha value is -2.69. The fraction of sp³-hybridized carbons (Fsp3) is 0.409. The highest BCUT2D eigenvalue weighted by atomic mass is 16.2. The van der Waals surface area contributed by atoms with Crippen molar-refractivity contribution in [1.29, 1.82) is 0 Å². The lowest BCUT2D eigenvalue weighted by atomic mass is 9.75. The van der Waals surface area contributed by atoms with E-state index in [-0.39, 0.29) is 22.3 Å². The minimum Gasteiger partial charge on any atom is -0.352 e. The lowest BCUT2D eigenvalue weighted by Crippen LogP contribution is -2.39. The molecule has 2 aromatic rings. The Kier molecular flexibility index (Phi) is 5.31. The van der Waals surface area contributed by atoms with Crippen LogP contribution in [0.3, 0.4) is 0 Å². The third-order valence-corrected chi connectivity index (χ3v) is 4.96. The van der Waals surface area contributed by atoms with Crippen molar-refractivity contribution < 1.29 is 9.59 Å². The minimum atomic E-state index is -0.418. The lowest BCUT2D eigenvalue weighted by molar-refractivity contribution is 0.0908. The fourth-order valence-corrected chi connectivity index (χ4v) is 3.60. The van der Waals surface area contributed by atoms with E-state index in [0.29, 0.717) is 36.3 Å². The molecular formula is C22H26N2O3. The summed E-state index contributed by atoms with van der Waals surface area (Å²) in [6, 6.07) is 10.7. The number of nitrogens with one attached hydrogen (secondary N) is 1. The Morgan fingerprint density at radius 3 is 2.52 bits per heavy atom. The molecule has 0 saturated heterocycles. The highest BCUT2D eigenvalue weighted by Gasteiger charge is 2.34. The zero-order chi connectivity index (χ0) is 19.6. The number of amides is 1. The molecule has 27 heavy (non-hydrogen) atoms. The van der Waals surface area contributed by atoms with Crippen molar-refractivity contribution in [2.24, 2.45) is 5.41 Å². The van der Waals surface area contributed by atoms with Crippen molar-refractivity contribution in [3.05, 3.63) is 63.6 Å². The molecule has 0 bridgehead atoms. The summed E-state index contributed by atoms with van der Waals surface area (Å²) in [5, 5.41) is 2.79. The van der Waals surface area contributed by atoms with E-state index in [0.717, 1.165) is 12.8 Å². The summed E-state index contributed by atoms with van der Waals surface area (Å²) in [5.41, 5.74) is 1.28. The van der Waals surface area contributed by atoms with Crippen molar-refractivity contribution >= 4 is 11.7 Å². The first-order chi connectivity index (χ1) is 12.8. The first kappa shape index (κ1) is 19.1. The maximum Gasteiger partial charge on any atom is 0.268 e. The van der Waals surface area contributed by atoms with Gasteiger partial charge in [-0.05, 0) is 36.5 Å². The minimum absolute atomic E-state index is 0.0199. The Bertz CT molecular complexity index is 927. The summed E-state index contributed by atoms with van der Waals surface area (Å²) in [6.45, 7) is 6.60. The van der Waals surface area contributed by atoms with Gasteiger partial charge >= 0.3 is 0 Å². The predicted octanol–water partition coefficient (Wildman–Crippen LogP) is 3.52. The average Bonchev–Trinajstić information content (AvgIpc) is 2.61. The van der Waals surface area contributed by atoms with Crippen LogP contribution < -0.4 is 10.9 Å². The van der Waals surface area contributed by atoms with Crippen molar-refractivity contribution in [2.75, 3.05) is 6.54 Å². The molecular weight excluding hydrogens is 340 g/mol. The van der Waals surface area contributed by atoms with E-state index in [4.69, 9.17) is 0 Å². The number of nitrogens with zero attached hydrogens (tertiary/aromatic N) is 1. The Morgan fingerprint density at radius 2 is 1.85 bits per heavy atom. The molecule has 1 heterocycles. The number of carbonyl (C=O) groups excluding carboxylic acids is 2. The van der Waals surface area contributed by atoms with E-state index in [1.165, 1.54) is 6.07 Å². The van der Waals surface area contributed by atoms with Gasteiger partial charge in [0.05, 0.1) is 0 Å². The number of unbranched alkanes of at least 4 members (excludes halogenated alkanes) is 1. The van der Waals surface area contributed by atoms with Gasteiger partial charge in [-0.25, -0.2) is 0 Å². The average molecular weight is 366 g/mol. The summed E-state index contributed by atoms with van der Waals surface area (Å²) in [5.74, 6) is -0.438. The number of Topliss-reactive ketones (excluding diaryl/α,β-unsaturated/α-hetero) is 1. The second-order valence-corrected chi connectivity index (χ2v) is 7.94. The molecule has 0 spiro atoms. The molecule has 0 fully saturated rings. The molecule has 1 N–H and O–H groups in total. The van der Waals surface area contributed by atoms with E-state index >= 15 is 0 Å². The van der Waals surface area contributed by atoms with Gasteiger partial charge in [0.25, 0.3) is 11.5 Å². The molecule has 0 atom stereocenters. The van der Waals surface area contributed by atoms with Gasteiger partial charge in [-0.3, -0.25) is 19.0 Å². The number of hydrogen-bond acceptors (Lipinski definition) is 3. The van der Waals surface area contributed by atoms with Crippen LogP contribution in [-0.4, -0.2) is 22.8 Å². The quantitative estimate of drug-likeness (QED) is 0.823. The molecule has 1 aromatic heterocycles. The van der Waals surface area contributed by atoms with Gasteiger partial charge in [0, 0.05) is 29.9 Å². The van der Waals surface area contributed by atoms with Crippen LogP contribution in [0.5, 0.6) is 0 Å². The topological polar surface area (TPSA) is 68.2 Å². The van der Waals surface area contributed by atoms with E-state index < -0.39 is 5.91 Å². The first-order valence-electron chi connectivity index (χ1n) is 9.50. The molecule has 5 heteroatoms. The standard InChI is InChI=1S/C22H26N2O3/c1-4-5-11-23-20(26)17-12-16-18(13-22(2,3)14-19(16)25)24(21(17)27)15-9-7-6-8-10-15/h6-10,12H,4-5,11,13-14H2,1-3H3,(H,23,26). The Balaban J connectivity index is 2.19. The second-order valence-electron chi connectivity index (χ2n) is 7.94. The normalized spacial score (nSPS) is 15.3. The Morgan fingerprint density at radius 1 is 1.15 bits per heavy atom. The maximum atomic E-state index is 13.2. The predicted molar refractivity (Wildman–Crippen MR) is 106 cm³/mol. The van der Waals surface area contributed by atoms with Crippen molar-refractivity contribution in [2.45, 2.75) is 46.5 Å². The molecule has 0 radical (unpaired) electrons. The highest BCUT2D eigenvalue weighted by molar-refractivity contribution is 6.02. The zero-order valence-corrected chi connectivity index (χ0v) is 16.2. The summed E-state index contributed by atoms with van der Waals surface area (Å²) >= 11 is 0. The molecule has 0 aliphatic heterocycles. The largest absolute Gasteiger partial charge is 0.352 e. The number of pyridine rings is 1. The van der Waals surface area contributed by atoms with Gasteiger partial charge in [-0.15, -0.1) is 0 Å². The van der Waals surface area contributed by atoms with Crippen molar-refractivity contribution in [3.63, 3.8) is 0 Å². The lowest BCUT2D eigenvalue weighted by Gasteiger charge is -2.32. The van der Waals surface area contributed by atoms with Crippen LogP contribution in [0.25, 0.3) is 5.69 Å². The van der Waals surface area contributed by atoms with Crippen LogP contribution in [-0.2, 0) is 6.42 Å². The monoisotopic (exact) mass is 366 g/mol. The summed E-state index contributed by atoms with van der Waals surface area (Å²) < 4.78 is 1.54. The molecule has 3 rings (SSSR count). The van der Waals surface area contributed by atoms with Crippen LogP contribution >= 0.6 is 0 Å². The summed E-state index contributed by atoms with van der Waals surface area (Å²) in [6.07, 6.45) is 2.81. The molecule has 1 amide bonds. The highest BCUT2D eigenvalue weighted by Crippen LogP contribution is 2.35. The second kappa shape index (κ2) is 7.51. The van der Waals surface area contributed by atoms with Crippen LogP contribution in [0.1, 0.15) is 66.4 Å². The molecule has 5 nitrogen and oxygen atoms in total. The number of aromatic nitrogens is 1. The van der Waals surface area contributed by atoms with Gasteiger partial charge in [-0.1, -0.05) is 45.4 Å².